The van der Waals surface area contributed by atoms with Crippen molar-refractivity contribution in [2.75, 3.05) is 7.11 Å². The van der Waals surface area contributed by atoms with E-state index in [1.807, 2.05) is 0 Å². The molecule has 11 heavy (non-hydrogen) atoms. The largest absolute Gasteiger partial charge is 0.380 e. The molecule has 2 nitrogen and oxygen atoms in total. The summed E-state index contributed by atoms with van der Waals surface area (Å²) in [7, 11) is 1.62. The summed E-state index contributed by atoms with van der Waals surface area (Å²) in [4.78, 5) is 4.01. The molecule has 4 heteroatoms. The summed E-state index contributed by atoms with van der Waals surface area (Å²) in [5, 5.41) is 0.675. The number of ether oxygens (including phenoxy) is 1. The molecule has 0 aliphatic rings. The van der Waals surface area contributed by atoms with Gasteiger partial charge >= 0.3 is 0 Å². The lowest BCUT2D eigenvalue weighted by Gasteiger charge is -2.03. The minimum Gasteiger partial charge on any atom is -0.380 e. The first-order chi connectivity index (χ1) is 5.25. The molecule has 0 aliphatic carbocycles. The number of pyridine rings is 1. The standard InChI is InChI=1S/C7H7BrClNO/c1-11-4-5-6(9)2-3-10-7(5)8/h2-3H,4H2,1H3. The molecule has 0 bridgehead atoms. The van der Waals surface area contributed by atoms with Crippen molar-refractivity contribution in [1.29, 1.82) is 0 Å². The van der Waals surface area contributed by atoms with Crippen LogP contribution in [0, 0.1) is 0 Å². The molecule has 1 rings (SSSR count). The highest BCUT2D eigenvalue weighted by atomic mass is 79.9. The molecule has 0 saturated heterocycles. The second-order valence-electron chi connectivity index (χ2n) is 2.00. The van der Waals surface area contributed by atoms with E-state index in [1.165, 1.54) is 0 Å². The van der Waals surface area contributed by atoms with Gasteiger partial charge in [0.1, 0.15) is 4.60 Å². The van der Waals surface area contributed by atoms with Gasteiger partial charge in [0.15, 0.2) is 0 Å². The van der Waals surface area contributed by atoms with E-state index in [2.05, 4.69) is 20.9 Å². The fraction of sp³-hybridized carbons (Fsp3) is 0.286. The van der Waals surface area contributed by atoms with Crippen molar-refractivity contribution < 1.29 is 4.74 Å². The summed E-state index contributed by atoms with van der Waals surface area (Å²) in [6.45, 7) is 0.479. The third kappa shape index (κ3) is 2.15. The van der Waals surface area contributed by atoms with E-state index in [0.717, 1.165) is 10.2 Å². The van der Waals surface area contributed by atoms with Crippen LogP contribution in [0.2, 0.25) is 5.02 Å². The first-order valence-electron chi connectivity index (χ1n) is 3.03. The lowest BCUT2D eigenvalue weighted by atomic mass is 10.3. The summed E-state index contributed by atoms with van der Waals surface area (Å²) >= 11 is 9.13. The fourth-order valence-electron chi connectivity index (χ4n) is 0.718. The number of nitrogens with zero attached hydrogens (tertiary/aromatic N) is 1. The fourth-order valence-corrected chi connectivity index (χ4v) is 1.48. The zero-order valence-electron chi connectivity index (χ0n) is 5.97. The quantitative estimate of drug-likeness (QED) is 0.737. The predicted octanol–water partition coefficient (Wildman–Crippen LogP) is 2.64. The monoisotopic (exact) mass is 235 g/mol. The highest BCUT2D eigenvalue weighted by molar-refractivity contribution is 9.10. The Morgan fingerprint density at radius 3 is 3.00 bits per heavy atom. The Hall–Kier alpha value is -0.120. The van der Waals surface area contributed by atoms with Gasteiger partial charge in [-0.25, -0.2) is 4.98 Å². The molecule has 0 aromatic carbocycles. The van der Waals surface area contributed by atoms with Gasteiger partial charge in [0.25, 0.3) is 0 Å². The van der Waals surface area contributed by atoms with Gasteiger partial charge in [-0.1, -0.05) is 11.6 Å². The Morgan fingerprint density at radius 1 is 1.73 bits per heavy atom. The number of aromatic nitrogens is 1. The van der Waals surface area contributed by atoms with Crippen LogP contribution < -0.4 is 0 Å². The Kier molecular flexibility index (Phi) is 3.30. The average molecular weight is 236 g/mol. The van der Waals surface area contributed by atoms with Crippen molar-refractivity contribution >= 4 is 27.5 Å². The van der Waals surface area contributed by atoms with E-state index in [9.17, 15) is 0 Å². The molecule has 0 saturated carbocycles. The Balaban J connectivity index is 3.00. The first kappa shape index (κ1) is 8.97. The van der Waals surface area contributed by atoms with Crippen molar-refractivity contribution in [2.24, 2.45) is 0 Å². The van der Waals surface area contributed by atoms with Crippen molar-refractivity contribution in [1.82, 2.24) is 4.98 Å². The molecular formula is C7H7BrClNO. The topological polar surface area (TPSA) is 22.1 Å². The first-order valence-corrected chi connectivity index (χ1v) is 4.20. The van der Waals surface area contributed by atoms with Crippen LogP contribution >= 0.6 is 27.5 Å². The normalized spacial score (nSPS) is 10.1. The van der Waals surface area contributed by atoms with Crippen LogP contribution in [0.1, 0.15) is 5.56 Å². The summed E-state index contributed by atoms with van der Waals surface area (Å²) in [5.74, 6) is 0. The second kappa shape index (κ2) is 4.04. The third-order valence-corrected chi connectivity index (χ3v) is 2.27. The van der Waals surface area contributed by atoms with Gasteiger partial charge in [0, 0.05) is 18.9 Å². The molecule has 0 amide bonds. The molecule has 0 radical (unpaired) electrons. The zero-order chi connectivity index (χ0) is 8.27. The molecule has 0 aliphatic heterocycles. The van der Waals surface area contributed by atoms with Crippen molar-refractivity contribution in [3.63, 3.8) is 0 Å². The van der Waals surface area contributed by atoms with Crippen LogP contribution in [0.15, 0.2) is 16.9 Å². The molecule has 1 heterocycles. The van der Waals surface area contributed by atoms with Crippen molar-refractivity contribution in [2.45, 2.75) is 6.61 Å². The minimum atomic E-state index is 0.479. The number of hydrogen-bond donors (Lipinski definition) is 0. The number of halogens is 2. The van der Waals surface area contributed by atoms with Gasteiger partial charge in [0.2, 0.25) is 0 Å². The van der Waals surface area contributed by atoms with Crippen LogP contribution in [0.25, 0.3) is 0 Å². The Bertz CT molecular complexity index is 234. The molecule has 1 aromatic heterocycles. The number of methoxy groups -OCH3 is 1. The molecule has 0 fully saturated rings. The van der Waals surface area contributed by atoms with E-state index in [1.54, 1.807) is 19.4 Å². The highest BCUT2D eigenvalue weighted by Crippen LogP contribution is 2.22. The molecule has 1 aromatic rings. The third-order valence-electron chi connectivity index (χ3n) is 1.23. The maximum Gasteiger partial charge on any atom is 0.113 e. The van der Waals surface area contributed by atoms with Gasteiger partial charge in [-0.15, -0.1) is 0 Å². The van der Waals surface area contributed by atoms with Crippen LogP contribution in [0.3, 0.4) is 0 Å². The molecule has 0 spiro atoms. The van der Waals surface area contributed by atoms with Gasteiger partial charge in [0.05, 0.1) is 11.6 Å². The Morgan fingerprint density at radius 2 is 2.45 bits per heavy atom. The second-order valence-corrected chi connectivity index (χ2v) is 3.15. The van der Waals surface area contributed by atoms with Gasteiger partial charge in [-0.2, -0.15) is 0 Å². The lowest BCUT2D eigenvalue weighted by Crippen LogP contribution is -1.92. The van der Waals surface area contributed by atoms with E-state index in [4.69, 9.17) is 16.3 Å². The van der Waals surface area contributed by atoms with E-state index in [0.29, 0.717) is 11.6 Å². The SMILES string of the molecule is COCc1c(Cl)ccnc1Br. The van der Waals surface area contributed by atoms with Crippen LogP contribution in [-0.2, 0) is 11.3 Å². The maximum atomic E-state index is 5.86. The van der Waals surface area contributed by atoms with E-state index < -0.39 is 0 Å². The van der Waals surface area contributed by atoms with Gasteiger partial charge in [-0.05, 0) is 22.0 Å². The lowest BCUT2D eigenvalue weighted by molar-refractivity contribution is 0.184. The van der Waals surface area contributed by atoms with Gasteiger partial charge in [-0.3, -0.25) is 0 Å². The van der Waals surface area contributed by atoms with Crippen LogP contribution in [-0.4, -0.2) is 12.1 Å². The number of hydrogen-bond acceptors (Lipinski definition) is 2. The van der Waals surface area contributed by atoms with Gasteiger partial charge < -0.3 is 4.74 Å². The molecule has 60 valence electrons. The zero-order valence-corrected chi connectivity index (χ0v) is 8.32. The summed E-state index contributed by atoms with van der Waals surface area (Å²) in [6, 6.07) is 1.74. The van der Waals surface area contributed by atoms with Crippen molar-refractivity contribution in [3.05, 3.63) is 27.5 Å². The van der Waals surface area contributed by atoms with E-state index in [-0.39, 0.29) is 0 Å². The summed E-state index contributed by atoms with van der Waals surface area (Å²) < 4.78 is 5.68. The molecule has 0 atom stereocenters. The summed E-state index contributed by atoms with van der Waals surface area (Å²) in [5.41, 5.74) is 0.886. The smallest absolute Gasteiger partial charge is 0.113 e. The van der Waals surface area contributed by atoms with E-state index >= 15 is 0 Å². The van der Waals surface area contributed by atoms with Crippen LogP contribution in [0.5, 0.6) is 0 Å². The minimum absolute atomic E-state index is 0.479. The Labute approximate surface area is 78.7 Å². The van der Waals surface area contributed by atoms with Crippen molar-refractivity contribution in [3.8, 4) is 0 Å². The molecular weight excluding hydrogens is 229 g/mol. The highest BCUT2D eigenvalue weighted by Gasteiger charge is 2.04. The summed E-state index contributed by atoms with van der Waals surface area (Å²) in [6.07, 6.45) is 1.64. The molecule has 0 N–H and O–H groups in total. The number of rotatable bonds is 2. The average Bonchev–Trinajstić information content (AvgIpc) is 1.97. The predicted molar refractivity (Wildman–Crippen MR) is 47.7 cm³/mol. The molecule has 0 unspecified atom stereocenters. The van der Waals surface area contributed by atoms with Crippen LogP contribution in [0.4, 0.5) is 0 Å². The maximum absolute atomic E-state index is 5.86.